The lowest BCUT2D eigenvalue weighted by molar-refractivity contribution is -0.384. The molecular weight excluding hydrogens is 326 g/mol. The van der Waals surface area contributed by atoms with Crippen LogP contribution in [0.1, 0.15) is 33.7 Å². The molecule has 3 aromatic carbocycles. The predicted octanol–water partition coefficient (Wildman–Crippen LogP) is 4.56. The van der Waals surface area contributed by atoms with Crippen molar-refractivity contribution in [3.05, 3.63) is 98.6 Å². The Kier molecular flexibility index (Phi) is 4.63. The molecule has 26 heavy (non-hydrogen) atoms. The average molecular weight is 347 g/mol. The molecule has 5 heteroatoms. The van der Waals surface area contributed by atoms with E-state index >= 15 is 0 Å². The van der Waals surface area contributed by atoms with Gasteiger partial charge in [0, 0.05) is 29.4 Å². The number of nitro benzene ring substituents is 1. The van der Waals surface area contributed by atoms with Gasteiger partial charge in [0.2, 0.25) is 0 Å². The van der Waals surface area contributed by atoms with Crippen LogP contribution in [0.3, 0.4) is 0 Å². The van der Waals surface area contributed by atoms with E-state index in [4.69, 9.17) is 11.5 Å². The first kappa shape index (κ1) is 17.5. The normalized spacial score (nSPS) is 10.9. The fourth-order valence-electron chi connectivity index (χ4n) is 3.20. The molecule has 0 bridgehead atoms. The minimum absolute atomic E-state index is 0.0573. The number of rotatable bonds is 4. The Balaban J connectivity index is 2.23. The zero-order valence-electron chi connectivity index (χ0n) is 14.8. The lowest BCUT2D eigenvalue weighted by Gasteiger charge is -2.23. The van der Waals surface area contributed by atoms with Gasteiger partial charge in [0.1, 0.15) is 0 Å². The summed E-state index contributed by atoms with van der Waals surface area (Å²) in [4.78, 5) is 10.6. The van der Waals surface area contributed by atoms with Gasteiger partial charge in [-0.1, -0.05) is 47.5 Å². The summed E-state index contributed by atoms with van der Waals surface area (Å²) in [5.74, 6) is -0.199. The molecule has 0 aliphatic heterocycles. The van der Waals surface area contributed by atoms with Crippen molar-refractivity contribution in [3.8, 4) is 0 Å². The number of hydrogen-bond acceptors (Lipinski definition) is 4. The number of nitrogens with zero attached hydrogens (tertiary/aromatic N) is 1. The van der Waals surface area contributed by atoms with Crippen LogP contribution in [0.25, 0.3) is 0 Å². The quantitative estimate of drug-likeness (QED) is 0.313. The van der Waals surface area contributed by atoms with Gasteiger partial charge in [-0.25, -0.2) is 0 Å². The molecule has 0 saturated heterocycles. The van der Waals surface area contributed by atoms with E-state index in [0.717, 1.165) is 27.8 Å². The summed E-state index contributed by atoms with van der Waals surface area (Å²) < 4.78 is 0. The molecule has 0 aliphatic rings. The zero-order valence-corrected chi connectivity index (χ0v) is 14.8. The first-order valence-corrected chi connectivity index (χ1v) is 8.33. The van der Waals surface area contributed by atoms with Gasteiger partial charge in [-0.2, -0.15) is 0 Å². The van der Waals surface area contributed by atoms with E-state index in [-0.39, 0.29) is 11.6 Å². The van der Waals surface area contributed by atoms with Crippen LogP contribution < -0.4 is 11.5 Å². The highest BCUT2D eigenvalue weighted by Crippen LogP contribution is 2.39. The van der Waals surface area contributed by atoms with E-state index < -0.39 is 4.92 Å². The Labute approximate surface area is 152 Å². The Bertz CT molecular complexity index is 914. The van der Waals surface area contributed by atoms with Crippen LogP contribution >= 0.6 is 0 Å². The Morgan fingerprint density at radius 3 is 1.69 bits per heavy atom. The van der Waals surface area contributed by atoms with E-state index in [2.05, 4.69) is 0 Å². The van der Waals surface area contributed by atoms with Crippen LogP contribution in [0.5, 0.6) is 0 Å². The molecule has 0 unspecified atom stereocenters. The third-order valence-electron chi connectivity index (χ3n) is 4.54. The molecule has 0 atom stereocenters. The summed E-state index contributed by atoms with van der Waals surface area (Å²) in [5.41, 5.74) is 18.9. The topological polar surface area (TPSA) is 95.2 Å². The summed E-state index contributed by atoms with van der Waals surface area (Å²) >= 11 is 0. The van der Waals surface area contributed by atoms with Crippen molar-refractivity contribution in [2.75, 3.05) is 11.5 Å². The number of anilines is 2. The first-order chi connectivity index (χ1) is 12.4. The van der Waals surface area contributed by atoms with Crippen molar-refractivity contribution in [1.82, 2.24) is 0 Å². The van der Waals surface area contributed by atoms with Crippen molar-refractivity contribution in [2.24, 2.45) is 0 Å². The standard InChI is InChI=1S/C21H21N3O2/c1-13-3-9-19(22)17(11-13)21(18-12-14(2)4-10-20(18)23)15-5-7-16(8-6-15)24(25)26/h3-12,21H,22-23H2,1-2H3. The van der Waals surface area contributed by atoms with Crippen molar-refractivity contribution in [2.45, 2.75) is 19.8 Å². The molecule has 0 fully saturated rings. The molecule has 3 rings (SSSR count). The van der Waals surface area contributed by atoms with Crippen molar-refractivity contribution in [1.29, 1.82) is 0 Å². The number of non-ortho nitro benzene ring substituents is 1. The molecule has 4 N–H and O–H groups in total. The maximum absolute atomic E-state index is 11.0. The second-order valence-corrected chi connectivity index (χ2v) is 6.55. The second-order valence-electron chi connectivity index (χ2n) is 6.55. The number of benzene rings is 3. The van der Waals surface area contributed by atoms with Crippen molar-refractivity contribution < 1.29 is 4.92 Å². The molecule has 132 valence electrons. The maximum atomic E-state index is 11.0. The lowest BCUT2D eigenvalue weighted by Crippen LogP contribution is -2.10. The minimum atomic E-state index is -0.402. The summed E-state index contributed by atoms with van der Waals surface area (Å²) in [5, 5.41) is 11.0. The van der Waals surface area contributed by atoms with Crippen LogP contribution in [-0.4, -0.2) is 4.92 Å². The Morgan fingerprint density at radius 1 is 0.808 bits per heavy atom. The summed E-state index contributed by atoms with van der Waals surface area (Å²) in [6, 6.07) is 18.4. The molecule has 0 heterocycles. The molecular formula is C21H21N3O2. The van der Waals surface area contributed by atoms with Gasteiger partial charge in [0.15, 0.2) is 0 Å². The molecule has 0 aliphatic carbocycles. The summed E-state index contributed by atoms with van der Waals surface area (Å²) in [7, 11) is 0. The fraction of sp³-hybridized carbons (Fsp3) is 0.143. The number of hydrogen-bond donors (Lipinski definition) is 2. The van der Waals surface area contributed by atoms with Crippen LogP contribution in [0, 0.1) is 24.0 Å². The predicted molar refractivity (Wildman–Crippen MR) is 105 cm³/mol. The SMILES string of the molecule is Cc1ccc(N)c(C(c2ccc([N+](=O)[O-])cc2)c2cc(C)ccc2N)c1. The molecule has 5 nitrogen and oxygen atoms in total. The van der Waals surface area contributed by atoms with Crippen LogP contribution in [0.4, 0.5) is 17.1 Å². The van der Waals surface area contributed by atoms with Crippen molar-refractivity contribution >= 4 is 17.1 Å². The lowest BCUT2D eigenvalue weighted by atomic mass is 9.82. The van der Waals surface area contributed by atoms with Gasteiger partial charge >= 0.3 is 0 Å². The fourth-order valence-corrected chi connectivity index (χ4v) is 3.20. The highest BCUT2D eigenvalue weighted by molar-refractivity contribution is 5.63. The molecule has 3 aromatic rings. The van der Waals surface area contributed by atoms with Crippen LogP contribution in [0.2, 0.25) is 0 Å². The molecule has 0 saturated carbocycles. The zero-order chi connectivity index (χ0) is 18.8. The van der Waals surface area contributed by atoms with Gasteiger partial charge in [0.05, 0.1) is 4.92 Å². The largest absolute Gasteiger partial charge is 0.398 e. The molecule has 0 radical (unpaired) electrons. The maximum Gasteiger partial charge on any atom is 0.269 e. The van der Waals surface area contributed by atoms with Gasteiger partial charge < -0.3 is 11.5 Å². The number of nitro groups is 1. The van der Waals surface area contributed by atoms with E-state index in [1.54, 1.807) is 12.1 Å². The van der Waals surface area contributed by atoms with Gasteiger partial charge in [0.25, 0.3) is 5.69 Å². The molecule has 0 amide bonds. The summed E-state index contributed by atoms with van der Waals surface area (Å²) in [6.07, 6.45) is 0. The number of aryl methyl sites for hydroxylation is 2. The van der Waals surface area contributed by atoms with Gasteiger partial charge in [-0.05, 0) is 42.7 Å². The van der Waals surface area contributed by atoms with E-state index in [1.807, 2.05) is 50.2 Å². The van der Waals surface area contributed by atoms with Crippen molar-refractivity contribution in [3.63, 3.8) is 0 Å². The van der Waals surface area contributed by atoms with E-state index in [1.165, 1.54) is 12.1 Å². The third-order valence-corrected chi connectivity index (χ3v) is 4.54. The van der Waals surface area contributed by atoms with Crippen LogP contribution in [0.15, 0.2) is 60.7 Å². The van der Waals surface area contributed by atoms with Crippen LogP contribution in [-0.2, 0) is 0 Å². The Morgan fingerprint density at radius 2 is 1.27 bits per heavy atom. The molecule has 0 spiro atoms. The number of nitrogen functional groups attached to an aromatic ring is 2. The monoisotopic (exact) mass is 347 g/mol. The van der Waals surface area contributed by atoms with E-state index in [9.17, 15) is 10.1 Å². The Hall–Kier alpha value is -3.34. The summed E-state index contributed by atoms with van der Waals surface area (Å²) in [6.45, 7) is 4.02. The van der Waals surface area contributed by atoms with E-state index in [0.29, 0.717) is 11.4 Å². The molecule has 0 aromatic heterocycles. The second kappa shape index (κ2) is 6.88. The smallest absolute Gasteiger partial charge is 0.269 e. The first-order valence-electron chi connectivity index (χ1n) is 8.33. The van der Waals surface area contributed by atoms with Gasteiger partial charge in [-0.15, -0.1) is 0 Å². The highest BCUT2D eigenvalue weighted by Gasteiger charge is 2.22. The average Bonchev–Trinajstić information content (AvgIpc) is 2.61. The van der Waals surface area contributed by atoms with Gasteiger partial charge in [-0.3, -0.25) is 10.1 Å². The number of nitrogens with two attached hydrogens (primary N) is 2. The minimum Gasteiger partial charge on any atom is -0.398 e. The third kappa shape index (κ3) is 3.37. The highest BCUT2D eigenvalue weighted by atomic mass is 16.6.